The fraction of sp³-hybridized carbons (Fsp3) is 0.308. The lowest BCUT2D eigenvalue weighted by Gasteiger charge is -2.03. The van der Waals surface area contributed by atoms with Crippen molar-refractivity contribution < 1.29 is 4.79 Å². The van der Waals surface area contributed by atoms with Gasteiger partial charge in [-0.3, -0.25) is 0 Å². The Balaban J connectivity index is 2.32. The lowest BCUT2D eigenvalue weighted by Crippen LogP contribution is -2.06. The Bertz CT molecular complexity index is 534. The third kappa shape index (κ3) is 1.08. The molecule has 0 N–H and O–H groups in total. The van der Waals surface area contributed by atoms with Crippen LogP contribution in [-0.2, 0) is 17.3 Å². The van der Waals surface area contributed by atoms with Gasteiger partial charge in [0.15, 0.2) is 0 Å². The molecule has 1 aliphatic rings. The molecule has 0 bridgehead atoms. The Kier molecular flexibility index (Phi) is 1.58. The molecule has 15 heavy (non-hydrogen) atoms. The van der Waals surface area contributed by atoms with Crippen LogP contribution >= 0.6 is 0 Å². The van der Waals surface area contributed by atoms with E-state index in [0.29, 0.717) is 0 Å². The van der Waals surface area contributed by atoms with Gasteiger partial charge in [0.1, 0.15) is 6.29 Å². The van der Waals surface area contributed by atoms with Crippen molar-refractivity contribution in [2.45, 2.75) is 18.3 Å². The fourth-order valence-electron chi connectivity index (χ4n) is 2.32. The minimum Gasteiger partial charge on any atom is -0.350 e. The van der Waals surface area contributed by atoms with Gasteiger partial charge in [-0.05, 0) is 24.5 Å². The molecule has 1 heterocycles. The molecule has 0 spiro atoms. The predicted octanol–water partition coefficient (Wildman–Crippen LogP) is 2.41. The van der Waals surface area contributed by atoms with Crippen LogP contribution in [0.15, 0.2) is 30.5 Å². The smallest absolute Gasteiger partial charge is 0.130 e. The van der Waals surface area contributed by atoms with Crippen molar-refractivity contribution in [3.63, 3.8) is 0 Å². The van der Waals surface area contributed by atoms with E-state index in [1.807, 2.05) is 19.2 Å². The van der Waals surface area contributed by atoms with E-state index in [2.05, 4.69) is 22.9 Å². The number of fused-ring (bicyclic) bond motifs is 1. The van der Waals surface area contributed by atoms with Crippen LogP contribution in [0.25, 0.3) is 10.9 Å². The first kappa shape index (κ1) is 8.72. The van der Waals surface area contributed by atoms with Gasteiger partial charge in [-0.15, -0.1) is 0 Å². The summed E-state index contributed by atoms with van der Waals surface area (Å²) in [4.78, 5) is 11.1. The van der Waals surface area contributed by atoms with Gasteiger partial charge in [0.2, 0.25) is 0 Å². The molecule has 2 aromatic rings. The molecule has 0 radical (unpaired) electrons. The van der Waals surface area contributed by atoms with Crippen molar-refractivity contribution in [3.05, 3.63) is 36.0 Å². The first-order chi connectivity index (χ1) is 7.27. The number of rotatable bonds is 2. The molecule has 1 aliphatic carbocycles. The summed E-state index contributed by atoms with van der Waals surface area (Å²) < 4.78 is 2.11. The summed E-state index contributed by atoms with van der Waals surface area (Å²) in [6.45, 7) is 0. The normalized spacial score (nSPS) is 17.9. The quantitative estimate of drug-likeness (QED) is 0.681. The number of aryl methyl sites for hydroxylation is 1. The summed E-state index contributed by atoms with van der Waals surface area (Å²) in [6, 6.07) is 8.27. The van der Waals surface area contributed by atoms with Crippen LogP contribution in [0.2, 0.25) is 0 Å². The Labute approximate surface area is 88.5 Å². The highest BCUT2D eigenvalue weighted by atomic mass is 16.1. The average molecular weight is 199 g/mol. The number of hydrogen-bond donors (Lipinski definition) is 0. The lowest BCUT2D eigenvalue weighted by atomic mass is 9.97. The summed E-state index contributed by atoms with van der Waals surface area (Å²) in [5, 5.41) is 1.23. The van der Waals surface area contributed by atoms with Gasteiger partial charge in [-0.1, -0.05) is 18.2 Å². The number of para-hydroxylation sites is 1. The van der Waals surface area contributed by atoms with Crippen LogP contribution in [0.5, 0.6) is 0 Å². The van der Waals surface area contributed by atoms with Gasteiger partial charge in [-0.2, -0.15) is 0 Å². The van der Waals surface area contributed by atoms with E-state index >= 15 is 0 Å². The number of hydrogen-bond acceptors (Lipinski definition) is 1. The molecule has 1 fully saturated rings. The number of nitrogens with zero attached hydrogens (tertiary/aromatic N) is 1. The zero-order chi connectivity index (χ0) is 10.5. The first-order valence-electron chi connectivity index (χ1n) is 5.28. The van der Waals surface area contributed by atoms with E-state index in [4.69, 9.17) is 0 Å². The van der Waals surface area contributed by atoms with Crippen molar-refractivity contribution in [2.24, 2.45) is 7.05 Å². The van der Waals surface area contributed by atoms with Gasteiger partial charge in [0, 0.05) is 24.1 Å². The Morgan fingerprint density at radius 1 is 1.33 bits per heavy atom. The molecule has 2 nitrogen and oxygen atoms in total. The van der Waals surface area contributed by atoms with E-state index in [9.17, 15) is 4.79 Å². The SMILES string of the molecule is Cn1cc(C2(C=O)CC2)c2ccccc21. The van der Waals surface area contributed by atoms with Gasteiger partial charge < -0.3 is 9.36 Å². The molecule has 0 amide bonds. The number of aromatic nitrogens is 1. The van der Waals surface area contributed by atoms with Crippen LogP contribution in [0.1, 0.15) is 18.4 Å². The summed E-state index contributed by atoms with van der Waals surface area (Å²) in [5.41, 5.74) is 2.25. The highest BCUT2D eigenvalue weighted by Crippen LogP contribution is 2.48. The van der Waals surface area contributed by atoms with Crippen LogP contribution in [0.4, 0.5) is 0 Å². The van der Waals surface area contributed by atoms with Gasteiger partial charge >= 0.3 is 0 Å². The maximum atomic E-state index is 11.1. The van der Waals surface area contributed by atoms with Crippen molar-refractivity contribution in [1.82, 2.24) is 4.57 Å². The number of carbonyl (C=O) groups excluding carboxylic acids is 1. The molecular formula is C13H13NO. The van der Waals surface area contributed by atoms with E-state index < -0.39 is 0 Å². The van der Waals surface area contributed by atoms with E-state index in [1.54, 1.807) is 0 Å². The third-order valence-electron chi connectivity index (χ3n) is 3.45. The van der Waals surface area contributed by atoms with Crippen LogP contribution in [0.3, 0.4) is 0 Å². The Hall–Kier alpha value is -1.57. The van der Waals surface area contributed by atoms with E-state index in [0.717, 1.165) is 19.1 Å². The molecule has 0 aliphatic heterocycles. The molecule has 1 saturated carbocycles. The van der Waals surface area contributed by atoms with Crippen LogP contribution in [0, 0.1) is 0 Å². The highest BCUT2D eigenvalue weighted by Gasteiger charge is 2.45. The summed E-state index contributed by atoms with van der Waals surface area (Å²) in [7, 11) is 2.03. The average Bonchev–Trinajstić information content (AvgIpc) is 3.00. The summed E-state index contributed by atoms with van der Waals surface area (Å²) in [6.07, 6.45) is 5.23. The van der Waals surface area contributed by atoms with Gasteiger partial charge in [0.25, 0.3) is 0 Å². The second-order valence-electron chi connectivity index (χ2n) is 4.44. The molecule has 3 rings (SSSR count). The minimum atomic E-state index is -0.166. The standard InChI is InChI=1S/C13H13NO/c1-14-8-11(13(9-15)6-7-13)10-4-2-3-5-12(10)14/h2-5,8-9H,6-7H2,1H3. The van der Waals surface area contributed by atoms with Crippen molar-refractivity contribution in [2.75, 3.05) is 0 Å². The fourth-order valence-corrected chi connectivity index (χ4v) is 2.32. The summed E-state index contributed by atoms with van der Waals surface area (Å²) >= 11 is 0. The number of benzene rings is 1. The van der Waals surface area contributed by atoms with Crippen molar-refractivity contribution >= 4 is 17.2 Å². The second kappa shape index (κ2) is 2.72. The lowest BCUT2D eigenvalue weighted by molar-refractivity contribution is -0.109. The number of carbonyl (C=O) groups is 1. The Morgan fingerprint density at radius 3 is 2.73 bits per heavy atom. The summed E-state index contributed by atoms with van der Waals surface area (Å²) in [5.74, 6) is 0. The largest absolute Gasteiger partial charge is 0.350 e. The van der Waals surface area contributed by atoms with Crippen LogP contribution < -0.4 is 0 Å². The monoisotopic (exact) mass is 199 g/mol. The van der Waals surface area contributed by atoms with Crippen molar-refractivity contribution in [3.8, 4) is 0 Å². The molecule has 0 unspecified atom stereocenters. The highest BCUT2D eigenvalue weighted by molar-refractivity contribution is 5.90. The molecule has 76 valence electrons. The molecule has 2 heteroatoms. The predicted molar refractivity (Wildman–Crippen MR) is 59.9 cm³/mol. The first-order valence-corrected chi connectivity index (χ1v) is 5.28. The Morgan fingerprint density at radius 2 is 2.07 bits per heavy atom. The second-order valence-corrected chi connectivity index (χ2v) is 4.44. The third-order valence-corrected chi connectivity index (χ3v) is 3.45. The number of aldehydes is 1. The molecule has 1 aromatic carbocycles. The molecule has 1 aromatic heterocycles. The van der Waals surface area contributed by atoms with E-state index in [1.165, 1.54) is 16.5 Å². The van der Waals surface area contributed by atoms with Gasteiger partial charge in [0.05, 0.1) is 5.41 Å². The molecule has 0 atom stereocenters. The maximum Gasteiger partial charge on any atom is 0.130 e. The topological polar surface area (TPSA) is 22.0 Å². The minimum absolute atomic E-state index is 0.166. The van der Waals surface area contributed by atoms with E-state index in [-0.39, 0.29) is 5.41 Å². The zero-order valence-corrected chi connectivity index (χ0v) is 8.73. The van der Waals surface area contributed by atoms with Crippen LogP contribution in [-0.4, -0.2) is 10.9 Å². The molecular weight excluding hydrogens is 186 g/mol. The molecule has 0 saturated heterocycles. The van der Waals surface area contributed by atoms with Gasteiger partial charge in [-0.25, -0.2) is 0 Å². The van der Waals surface area contributed by atoms with Crippen molar-refractivity contribution in [1.29, 1.82) is 0 Å². The maximum absolute atomic E-state index is 11.1. The zero-order valence-electron chi connectivity index (χ0n) is 8.73.